The largest absolute Gasteiger partial charge is 0.497 e. The second-order valence-electron chi connectivity index (χ2n) is 6.80. The van der Waals surface area contributed by atoms with E-state index in [2.05, 4.69) is 5.32 Å². The maximum Gasteiger partial charge on any atom is 0.251 e. The maximum atomic E-state index is 12.6. The molecule has 0 saturated heterocycles. The highest BCUT2D eigenvalue weighted by Gasteiger charge is 2.17. The third-order valence-electron chi connectivity index (χ3n) is 4.94. The molecule has 5 nitrogen and oxygen atoms in total. The van der Waals surface area contributed by atoms with E-state index < -0.39 is 0 Å². The van der Waals surface area contributed by atoms with Crippen LogP contribution in [-0.4, -0.2) is 26.2 Å². The minimum Gasteiger partial charge on any atom is -0.497 e. The van der Waals surface area contributed by atoms with Gasteiger partial charge in [0.2, 0.25) is 0 Å². The molecule has 1 saturated carbocycles. The van der Waals surface area contributed by atoms with Crippen molar-refractivity contribution in [3.8, 4) is 17.2 Å². The first-order valence-electron chi connectivity index (χ1n) is 9.44. The van der Waals surface area contributed by atoms with Gasteiger partial charge in [-0.1, -0.05) is 19.3 Å². The van der Waals surface area contributed by atoms with E-state index in [0.29, 0.717) is 17.9 Å². The Bertz CT molecular complexity index is 751. The summed E-state index contributed by atoms with van der Waals surface area (Å²) in [6, 6.07) is 13.2. The highest BCUT2D eigenvalue weighted by molar-refractivity contribution is 5.94. The molecule has 0 unspecified atom stereocenters. The van der Waals surface area contributed by atoms with Gasteiger partial charge in [-0.25, -0.2) is 0 Å². The summed E-state index contributed by atoms with van der Waals surface area (Å²) in [5.41, 5.74) is 1.47. The van der Waals surface area contributed by atoms with Crippen molar-refractivity contribution in [3.63, 3.8) is 0 Å². The van der Waals surface area contributed by atoms with E-state index in [-0.39, 0.29) is 11.9 Å². The molecule has 1 aliphatic rings. The smallest absolute Gasteiger partial charge is 0.251 e. The van der Waals surface area contributed by atoms with Crippen LogP contribution >= 0.6 is 0 Å². The van der Waals surface area contributed by atoms with Crippen LogP contribution in [-0.2, 0) is 6.61 Å². The van der Waals surface area contributed by atoms with Crippen molar-refractivity contribution in [1.82, 2.24) is 5.32 Å². The van der Waals surface area contributed by atoms with Gasteiger partial charge in [0.15, 0.2) is 0 Å². The van der Waals surface area contributed by atoms with Gasteiger partial charge in [-0.05, 0) is 55.3 Å². The Morgan fingerprint density at radius 1 is 0.963 bits per heavy atom. The van der Waals surface area contributed by atoms with Gasteiger partial charge in [-0.2, -0.15) is 0 Å². The summed E-state index contributed by atoms with van der Waals surface area (Å²) in [5.74, 6) is 2.18. The summed E-state index contributed by atoms with van der Waals surface area (Å²) < 4.78 is 16.4. The van der Waals surface area contributed by atoms with Gasteiger partial charge in [0.1, 0.15) is 23.9 Å². The molecule has 0 aliphatic heterocycles. The van der Waals surface area contributed by atoms with Gasteiger partial charge in [0.05, 0.1) is 14.2 Å². The number of rotatable bonds is 7. The van der Waals surface area contributed by atoms with Crippen LogP contribution in [0.3, 0.4) is 0 Å². The molecule has 2 aromatic carbocycles. The number of carbonyl (C=O) groups is 1. The molecule has 5 heteroatoms. The average molecular weight is 369 g/mol. The molecule has 2 aromatic rings. The number of hydrogen-bond acceptors (Lipinski definition) is 4. The molecule has 0 atom stereocenters. The summed E-state index contributed by atoms with van der Waals surface area (Å²) >= 11 is 0. The van der Waals surface area contributed by atoms with Gasteiger partial charge >= 0.3 is 0 Å². The average Bonchev–Trinajstić information content (AvgIpc) is 2.73. The maximum absolute atomic E-state index is 12.6. The Hall–Kier alpha value is -2.69. The Morgan fingerprint density at radius 2 is 1.67 bits per heavy atom. The van der Waals surface area contributed by atoms with E-state index in [1.54, 1.807) is 20.3 Å². The third kappa shape index (κ3) is 5.16. The van der Waals surface area contributed by atoms with E-state index in [4.69, 9.17) is 14.2 Å². The minimum atomic E-state index is -0.0322. The molecule has 0 spiro atoms. The number of methoxy groups -OCH3 is 2. The zero-order valence-corrected chi connectivity index (χ0v) is 16.0. The lowest BCUT2D eigenvalue weighted by molar-refractivity contribution is 0.0927. The summed E-state index contributed by atoms with van der Waals surface area (Å²) in [4.78, 5) is 12.6. The second kappa shape index (κ2) is 9.31. The monoisotopic (exact) mass is 369 g/mol. The number of benzene rings is 2. The summed E-state index contributed by atoms with van der Waals surface area (Å²) in [5, 5.41) is 3.15. The predicted molar refractivity (Wildman–Crippen MR) is 105 cm³/mol. The zero-order chi connectivity index (χ0) is 19.1. The van der Waals surface area contributed by atoms with Crippen LogP contribution in [0.1, 0.15) is 48.0 Å². The highest BCUT2D eigenvalue weighted by atomic mass is 16.5. The summed E-state index contributed by atoms with van der Waals surface area (Å²) in [6.45, 7) is 0.319. The minimum absolute atomic E-state index is 0.0322. The molecule has 0 bridgehead atoms. The highest BCUT2D eigenvalue weighted by Crippen LogP contribution is 2.24. The quantitative estimate of drug-likeness (QED) is 0.788. The molecule has 1 fully saturated rings. The first-order valence-corrected chi connectivity index (χ1v) is 9.44. The third-order valence-corrected chi connectivity index (χ3v) is 4.94. The normalized spacial score (nSPS) is 14.4. The standard InChI is InChI=1S/C22H27NO4/c1-25-19-9-11-20(12-10-19)27-15-17-14-16(8-13-21(17)26-2)22(24)23-18-6-4-3-5-7-18/h8-14,18H,3-7,15H2,1-2H3,(H,23,24). The van der Waals surface area contributed by atoms with Crippen LogP contribution in [0.4, 0.5) is 0 Å². The van der Waals surface area contributed by atoms with Crippen molar-refractivity contribution >= 4 is 5.91 Å². The molecule has 1 aliphatic carbocycles. The van der Waals surface area contributed by atoms with Crippen LogP contribution in [0.2, 0.25) is 0 Å². The number of amides is 1. The molecule has 3 rings (SSSR count). The topological polar surface area (TPSA) is 56.8 Å². The second-order valence-corrected chi connectivity index (χ2v) is 6.80. The number of carbonyl (C=O) groups excluding carboxylic acids is 1. The zero-order valence-electron chi connectivity index (χ0n) is 16.0. The Labute approximate surface area is 160 Å². The molecular formula is C22H27NO4. The van der Waals surface area contributed by atoms with E-state index in [0.717, 1.165) is 29.9 Å². The van der Waals surface area contributed by atoms with Crippen LogP contribution < -0.4 is 19.5 Å². The molecule has 27 heavy (non-hydrogen) atoms. The van der Waals surface area contributed by atoms with Crippen LogP contribution in [0.15, 0.2) is 42.5 Å². The summed E-state index contributed by atoms with van der Waals surface area (Å²) in [7, 11) is 3.25. The number of nitrogens with one attached hydrogen (secondary N) is 1. The first-order chi connectivity index (χ1) is 13.2. The lowest BCUT2D eigenvalue weighted by Crippen LogP contribution is -2.36. The van der Waals surface area contributed by atoms with Crippen LogP contribution in [0.5, 0.6) is 17.2 Å². The van der Waals surface area contributed by atoms with Gasteiger partial charge in [-0.15, -0.1) is 0 Å². The van der Waals surface area contributed by atoms with Gasteiger partial charge in [0.25, 0.3) is 5.91 Å². The number of hydrogen-bond donors (Lipinski definition) is 1. The lowest BCUT2D eigenvalue weighted by Gasteiger charge is -2.23. The summed E-state index contributed by atoms with van der Waals surface area (Å²) in [6.07, 6.45) is 5.77. The van der Waals surface area contributed by atoms with Crippen molar-refractivity contribution in [1.29, 1.82) is 0 Å². The Morgan fingerprint density at radius 3 is 2.33 bits per heavy atom. The van der Waals surface area contributed by atoms with E-state index in [9.17, 15) is 4.79 Å². The lowest BCUT2D eigenvalue weighted by atomic mass is 9.95. The van der Waals surface area contributed by atoms with E-state index in [1.807, 2.05) is 36.4 Å². The SMILES string of the molecule is COc1ccc(OCc2cc(C(=O)NC3CCCCC3)ccc2OC)cc1. The van der Waals surface area contributed by atoms with Crippen LogP contribution in [0.25, 0.3) is 0 Å². The fourth-order valence-electron chi connectivity index (χ4n) is 3.38. The fraction of sp³-hybridized carbons (Fsp3) is 0.409. The van der Waals surface area contributed by atoms with Gasteiger partial charge in [-0.3, -0.25) is 4.79 Å². The molecule has 144 valence electrons. The first kappa shape index (κ1) is 19.1. The Kier molecular flexibility index (Phi) is 6.58. The van der Waals surface area contributed by atoms with Crippen LogP contribution in [0, 0.1) is 0 Å². The van der Waals surface area contributed by atoms with Crippen molar-refractivity contribution in [2.45, 2.75) is 44.8 Å². The van der Waals surface area contributed by atoms with E-state index in [1.165, 1.54) is 19.3 Å². The fourth-order valence-corrected chi connectivity index (χ4v) is 3.38. The van der Waals surface area contributed by atoms with Crippen molar-refractivity contribution in [2.75, 3.05) is 14.2 Å². The molecular weight excluding hydrogens is 342 g/mol. The molecule has 0 aromatic heterocycles. The molecule has 1 amide bonds. The molecule has 1 N–H and O–H groups in total. The Balaban J connectivity index is 1.67. The molecule has 0 radical (unpaired) electrons. The van der Waals surface area contributed by atoms with E-state index >= 15 is 0 Å². The van der Waals surface area contributed by atoms with Crippen molar-refractivity contribution in [2.24, 2.45) is 0 Å². The van der Waals surface area contributed by atoms with Gasteiger partial charge < -0.3 is 19.5 Å². The van der Waals surface area contributed by atoms with Crippen molar-refractivity contribution in [3.05, 3.63) is 53.6 Å². The van der Waals surface area contributed by atoms with Gasteiger partial charge in [0, 0.05) is 17.2 Å². The van der Waals surface area contributed by atoms with Crippen molar-refractivity contribution < 1.29 is 19.0 Å². The predicted octanol–water partition coefficient (Wildman–Crippen LogP) is 4.35. The molecule has 0 heterocycles. The number of ether oxygens (including phenoxy) is 3.